The van der Waals surface area contributed by atoms with Crippen LogP contribution >= 0.6 is 23.3 Å². The number of hydrogen-bond acceptors (Lipinski definition) is 8. The average molecular weight is 676 g/mol. The molecule has 1 amide bonds. The summed E-state index contributed by atoms with van der Waals surface area (Å²) in [6, 6.07) is 13.0. The summed E-state index contributed by atoms with van der Waals surface area (Å²) in [5.41, 5.74) is 0.926. The standard InChI is InChI=1S/C30H31F6N3O4S2/c1-3-5-19-6-8-20(9-7-19)17-37-27(40)24-18-38(25-16-23(29(31,32)33)26(44-25)28(41)42-4-2)14-15-39(24)45-22-12-10-21(11-13-22)43-30(34,35)36/h6-13,16,24H,3-5,14-15,17-18H2,1-2H3,(H,37,40)/t24-/m1/s1. The van der Waals surface area contributed by atoms with Gasteiger partial charge in [-0.2, -0.15) is 13.2 Å². The molecule has 1 atom stereocenters. The number of nitrogens with one attached hydrogen (secondary N) is 1. The SMILES string of the molecule is CCCc1ccc(CNC(=O)[C@H]2CN(c3cc(C(F)(F)F)c(C(=O)OCC)s3)CCN2Sc2ccc(OC(F)(F)F)cc2)cc1. The second kappa shape index (κ2) is 14.8. The molecule has 0 spiro atoms. The predicted molar refractivity (Wildman–Crippen MR) is 159 cm³/mol. The predicted octanol–water partition coefficient (Wildman–Crippen LogP) is 7.31. The molecular formula is C30H31F6N3O4S2. The summed E-state index contributed by atoms with van der Waals surface area (Å²) in [6.07, 6.45) is -7.71. The van der Waals surface area contributed by atoms with Gasteiger partial charge in [-0.15, -0.1) is 24.5 Å². The molecule has 7 nitrogen and oxygen atoms in total. The molecule has 1 aliphatic rings. The van der Waals surface area contributed by atoms with Crippen molar-refractivity contribution in [3.05, 3.63) is 76.2 Å². The van der Waals surface area contributed by atoms with Gasteiger partial charge < -0.3 is 19.7 Å². The Kier molecular flexibility index (Phi) is 11.3. The van der Waals surface area contributed by atoms with E-state index in [0.29, 0.717) is 16.2 Å². The number of halogens is 6. The van der Waals surface area contributed by atoms with Crippen molar-refractivity contribution in [2.75, 3.05) is 31.1 Å². The van der Waals surface area contributed by atoms with E-state index in [9.17, 15) is 35.9 Å². The van der Waals surface area contributed by atoms with E-state index < -0.39 is 40.7 Å². The molecule has 1 N–H and O–H groups in total. The molecule has 1 aromatic heterocycles. The molecule has 1 fully saturated rings. The Morgan fingerprint density at radius 3 is 2.24 bits per heavy atom. The Morgan fingerprint density at radius 2 is 1.64 bits per heavy atom. The van der Waals surface area contributed by atoms with Crippen LogP contribution in [0.15, 0.2) is 59.5 Å². The molecule has 1 aliphatic heterocycles. The Bertz CT molecular complexity index is 1450. The van der Waals surface area contributed by atoms with E-state index in [1.54, 1.807) is 9.21 Å². The number of anilines is 1. The molecule has 1 saturated heterocycles. The van der Waals surface area contributed by atoms with Crippen LogP contribution < -0.4 is 15.0 Å². The third-order valence-corrected chi connectivity index (χ3v) is 9.07. The van der Waals surface area contributed by atoms with Crippen molar-refractivity contribution in [3.8, 4) is 5.75 Å². The second-order valence-corrected chi connectivity index (χ2v) is 12.2. The zero-order chi connectivity index (χ0) is 32.8. The summed E-state index contributed by atoms with van der Waals surface area (Å²) in [6.45, 7) is 4.11. The Morgan fingerprint density at radius 1 is 0.978 bits per heavy atom. The van der Waals surface area contributed by atoms with Crippen molar-refractivity contribution in [3.63, 3.8) is 0 Å². The van der Waals surface area contributed by atoms with E-state index in [1.165, 1.54) is 24.6 Å². The minimum Gasteiger partial charge on any atom is -0.462 e. The number of piperazine rings is 1. The average Bonchev–Trinajstić information content (AvgIpc) is 3.44. The fourth-order valence-electron chi connectivity index (χ4n) is 4.64. The lowest BCUT2D eigenvalue weighted by Gasteiger charge is -2.40. The van der Waals surface area contributed by atoms with Crippen LogP contribution in [0.4, 0.5) is 31.3 Å². The maximum atomic E-state index is 13.8. The number of hydrogen-bond donors (Lipinski definition) is 1. The lowest BCUT2D eigenvalue weighted by molar-refractivity contribution is -0.274. The fourth-order valence-corrected chi connectivity index (χ4v) is 6.74. The van der Waals surface area contributed by atoms with E-state index in [4.69, 9.17) is 4.74 Å². The first kappa shape index (κ1) is 34.4. The van der Waals surface area contributed by atoms with Gasteiger partial charge in [-0.05, 0) is 66.8 Å². The van der Waals surface area contributed by atoms with Crippen LogP contribution in [0.3, 0.4) is 0 Å². The van der Waals surface area contributed by atoms with Crippen molar-refractivity contribution in [1.29, 1.82) is 0 Å². The third-order valence-electron chi connectivity index (χ3n) is 6.74. The smallest absolute Gasteiger partial charge is 0.462 e. The van der Waals surface area contributed by atoms with E-state index in [1.807, 2.05) is 24.3 Å². The van der Waals surface area contributed by atoms with Gasteiger partial charge in [-0.1, -0.05) is 37.6 Å². The van der Waals surface area contributed by atoms with Crippen LogP contribution in [0.1, 0.15) is 46.6 Å². The summed E-state index contributed by atoms with van der Waals surface area (Å²) in [5, 5.41) is 3.06. The Hall–Kier alpha value is -3.43. The van der Waals surface area contributed by atoms with Crippen molar-refractivity contribution in [2.45, 2.75) is 56.7 Å². The number of rotatable bonds is 11. The zero-order valence-corrected chi connectivity index (χ0v) is 26.0. The molecule has 0 aliphatic carbocycles. The first-order valence-electron chi connectivity index (χ1n) is 14.1. The highest BCUT2D eigenvalue weighted by Crippen LogP contribution is 2.42. The lowest BCUT2D eigenvalue weighted by atomic mass is 10.1. The highest BCUT2D eigenvalue weighted by Gasteiger charge is 2.40. The highest BCUT2D eigenvalue weighted by atomic mass is 32.2. The molecule has 0 bridgehead atoms. The number of thiophene rings is 1. The van der Waals surface area contributed by atoms with Gasteiger partial charge in [0.1, 0.15) is 16.7 Å². The van der Waals surface area contributed by atoms with E-state index in [2.05, 4.69) is 17.0 Å². The molecule has 15 heteroatoms. The lowest BCUT2D eigenvalue weighted by Crippen LogP contribution is -2.56. The van der Waals surface area contributed by atoms with Crippen molar-refractivity contribution in [1.82, 2.24) is 9.62 Å². The van der Waals surface area contributed by atoms with Crippen LogP contribution in [0.25, 0.3) is 0 Å². The van der Waals surface area contributed by atoms with Gasteiger partial charge >= 0.3 is 18.5 Å². The molecule has 2 heterocycles. The molecule has 0 unspecified atom stereocenters. The summed E-state index contributed by atoms with van der Waals surface area (Å²) in [7, 11) is 0. The molecule has 4 rings (SSSR count). The van der Waals surface area contributed by atoms with Gasteiger partial charge in [-0.3, -0.25) is 4.79 Å². The molecule has 0 saturated carbocycles. The minimum atomic E-state index is -4.84. The third kappa shape index (κ3) is 9.53. The number of amides is 1. The van der Waals surface area contributed by atoms with Crippen LogP contribution in [0, 0.1) is 0 Å². The number of nitrogens with zero attached hydrogens (tertiary/aromatic N) is 2. The molecule has 3 aromatic rings. The molecule has 45 heavy (non-hydrogen) atoms. The normalized spacial score (nSPS) is 16.0. The Balaban J connectivity index is 1.55. The van der Waals surface area contributed by atoms with E-state index >= 15 is 0 Å². The minimum absolute atomic E-state index is 0.0103. The molecule has 244 valence electrons. The topological polar surface area (TPSA) is 71.1 Å². The first-order chi connectivity index (χ1) is 21.3. The maximum absolute atomic E-state index is 13.8. The number of ether oxygens (including phenoxy) is 2. The van der Waals surface area contributed by atoms with Gasteiger partial charge in [0, 0.05) is 31.1 Å². The van der Waals surface area contributed by atoms with Gasteiger partial charge in [0.2, 0.25) is 5.91 Å². The zero-order valence-electron chi connectivity index (χ0n) is 24.3. The number of aryl methyl sites for hydroxylation is 1. The first-order valence-corrected chi connectivity index (χ1v) is 15.7. The molecule has 0 radical (unpaired) electrons. The van der Waals surface area contributed by atoms with Crippen LogP contribution in [-0.4, -0.2) is 54.8 Å². The largest absolute Gasteiger partial charge is 0.573 e. The maximum Gasteiger partial charge on any atom is 0.573 e. The van der Waals surface area contributed by atoms with Crippen LogP contribution in [0.2, 0.25) is 0 Å². The summed E-state index contributed by atoms with van der Waals surface area (Å²) in [4.78, 5) is 27.5. The number of carbonyl (C=O) groups excluding carboxylic acids is 2. The summed E-state index contributed by atoms with van der Waals surface area (Å²) in [5.74, 6) is -1.86. The van der Waals surface area contributed by atoms with E-state index in [-0.39, 0.29) is 43.7 Å². The molecule has 2 aromatic carbocycles. The van der Waals surface area contributed by atoms with Crippen molar-refractivity contribution < 1.29 is 45.4 Å². The Labute approximate surface area is 264 Å². The monoisotopic (exact) mass is 675 g/mol. The van der Waals surface area contributed by atoms with Gasteiger partial charge in [0.05, 0.1) is 17.2 Å². The number of alkyl halides is 6. The fraction of sp³-hybridized carbons (Fsp3) is 0.400. The van der Waals surface area contributed by atoms with Crippen LogP contribution in [0.5, 0.6) is 5.75 Å². The summed E-state index contributed by atoms with van der Waals surface area (Å²) >= 11 is 1.79. The highest BCUT2D eigenvalue weighted by molar-refractivity contribution is 7.97. The second-order valence-electron chi connectivity index (χ2n) is 10.0. The number of esters is 1. The van der Waals surface area contributed by atoms with Gasteiger partial charge in [0.25, 0.3) is 0 Å². The van der Waals surface area contributed by atoms with Gasteiger partial charge in [0.15, 0.2) is 0 Å². The summed E-state index contributed by atoms with van der Waals surface area (Å²) < 4.78 is 89.7. The number of benzene rings is 2. The number of carbonyl (C=O) groups is 2. The van der Waals surface area contributed by atoms with Crippen molar-refractivity contribution in [2.24, 2.45) is 0 Å². The van der Waals surface area contributed by atoms with Crippen LogP contribution in [-0.2, 0) is 28.7 Å². The van der Waals surface area contributed by atoms with Crippen molar-refractivity contribution >= 4 is 40.2 Å². The molecular weight excluding hydrogens is 644 g/mol. The van der Waals surface area contributed by atoms with Gasteiger partial charge in [-0.25, -0.2) is 9.10 Å². The van der Waals surface area contributed by atoms with E-state index in [0.717, 1.165) is 48.6 Å². The quantitative estimate of drug-likeness (QED) is 0.130.